The maximum atomic E-state index is 13.8. The summed E-state index contributed by atoms with van der Waals surface area (Å²) in [5, 5.41) is 12.2. The van der Waals surface area contributed by atoms with Crippen LogP contribution in [0, 0.1) is 11.7 Å². The van der Waals surface area contributed by atoms with E-state index in [1.54, 1.807) is 0 Å². The standard InChI is InChI=1S/C21H22F4N6O/c1-12-4-6-31(7-5-12)19-13(2-3-18(29-19)21(23,24)25)10-26-20(32)28-16-8-14(22)9-17-15(16)11-27-30-17/h2-3,8-9,11-12H,4-7,10H2,1H3,(H,27,30)(H2,26,28,32). The van der Waals surface area contributed by atoms with E-state index in [-0.39, 0.29) is 18.1 Å². The first-order valence-electron chi connectivity index (χ1n) is 10.2. The van der Waals surface area contributed by atoms with Crippen LogP contribution < -0.4 is 15.5 Å². The van der Waals surface area contributed by atoms with Gasteiger partial charge in [-0.2, -0.15) is 18.3 Å². The molecule has 0 bridgehead atoms. The number of hydrogen-bond donors (Lipinski definition) is 3. The molecule has 170 valence electrons. The second-order valence-corrected chi connectivity index (χ2v) is 7.94. The average molecular weight is 450 g/mol. The highest BCUT2D eigenvalue weighted by Gasteiger charge is 2.34. The molecule has 4 rings (SSSR count). The lowest BCUT2D eigenvalue weighted by Gasteiger charge is -2.33. The molecule has 3 N–H and O–H groups in total. The maximum Gasteiger partial charge on any atom is 0.433 e. The Hall–Kier alpha value is -3.37. The van der Waals surface area contributed by atoms with E-state index in [1.165, 1.54) is 18.3 Å². The predicted molar refractivity (Wildman–Crippen MR) is 112 cm³/mol. The predicted octanol–water partition coefficient (Wildman–Crippen LogP) is 4.67. The molecular formula is C21H22F4N6O. The molecule has 1 saturated heterocycles. The van der Waals surface area contributed by atoms with Crippen LogP contribution >= 0.6 is 0 Å². The third-order valence-corrected chi connectivity index (χ3v) is 5.54. The number of urea groups is 1. The van der Waals surface area contributed by atoms with Gasteiger partial charge in [-0.1, -0.05) is 13.0 Å². The highest BCUT2D eigenvalue weighted by atomic mass is 19.4. The Morgan fingerprint density at radius 3 is 2.72 bits per heavy atom. The molecule has 1 aliphatic rings. The van der Waals surface area contributed by atoms with Crippen molar-refractivity contribution in [3.8, 4) is 0 Å². The Morgan fingerprint density at radius 2 is 2.00 bits per heavy atom. The van der Waals surface area contributed by atoms with E-state index >= 15 is 0 Å². The summed E-state index contributed by atoms with van der Waals surface area (Å²) in [7, 11) is 0. The number of carbonyl (C=O) groups is 1. The van der Waals surface area contributed by atoms with Crippen LogP contribution in [-0.2, 0) is 12.7 Å². The molecule has 3 aromatic rings. The van der Waals surface area contributed by atoms with E-state index < -0.39 is 23.7 Å². The van der Waals surface area contributed by atoms with E-state index in [0.717, 1.165) is 25.0 Å². The van der Waals surface area contributed by atoms with Crippen LogP contribution in [0.1, 0.15) is 31.0 Å². The molecule has 2 amide bonds. The largest absolute Gasteiger partial charge is 0.433 e. The number of alkyl halides is 3. The number of H-pyrrole nitrogens is 1. The number of nitrogens with one attached hydrogen (secondary N) is 3. The minimum Gasteiger partial charge on any atom is -0.356 e. The normalized spacial score (nSPS) is 15.2. The summed E-state index contributed by atoms with van der Waals surface area (Å²) in [6.45, 7) is 3.25. The van der Waals surface area contributed by atoms with Crippen molar-refractivity contribution in [2.45, 2.75) is 32.5 Å². The van der Waals surface area contributed by atoms with Crippen molar-refractivity contribution in [2.75, 3.05) is 23.3 Å². The zero-order valence-electron chi connectivity index (χ0n) is 17.3. The van der Waals surface area contributed by atoms with E-state index in [4.69, 9.17) is 0 Å². The molecule has 1 fully saturated rings. The number of nitrogens with zero attached hydrogens (tertiary/aromatic N) is 3. The van der Waals surface area contributed by atoms with E-state index in [1.807, 2.05) is 4.90 Å². The number of benzene rings is 1. The first kappa shape index (κ1) is 21.8. The number of halogens is 4. The molecule has 0 spiro atoms. The molecule has 0 unspecified atom stereocenters. The van der Waals surface area contributed by atoms with Gasteiger partial charge < -0.3 is 15.5 Å². The first-order chi connectivity index (χ1) is 15.2. The number of carbonyl (C=O) groups excluding carboxylic acids is 1. The second kappa shape index (κ2) is 8.64. The third kappa shape index (κ3) is 4.76. The summed E-state index contributed by atoms with van der Waals surface area (Å²) in [6.07, 6.45) is -1.40. The lowest BCUT2D eigenvalue weighted by atomic mass is 9.99. The second-order valence-electron chi connectivity index (χ2n) is 7.94. The van der Waals surface area contributed by atoms with Gasteiger partial charge in [-0.15, -0.1) is 0 Å². The van der Waals surface area contributed by atoms with E-state index in [0.29, 0.717) is 35.5 Å². The number of pyridine rings is 1. The zero-order valence-corrected chi connectivity index (χ0v) is 17.3. The summed E-state index contributed by atoms with van der Waals surface area (Å²) in [5.41, 5.74) is 0.146. The fourth-order valence-electron chi connectivity index (χ4n) is 3.73. The quantitative estimate of drug-likeness (QED) is 0.504. The van der Waals surface area contributed by atoms with Crippen molar-refractivity contribution in [3.63, 3.8) is 0 Å². The van der Waals surface area contributed by atoms with Gasteiger partial charge in [-0.25, -0.2) is 14.2 Å². The van der Waals surface area contributed by atoms with Crippen LogP contribution in [0.15, 0.2) is 30.5 Å². The number of aromatic nitrogens is 3. The Balaban J connectivity index is 1.51. The maximum absolute atomic E-state index is 13.8. The summed E-state index contributed by atoms with van der Waals surface area (Å²) < 4.78 is 53.4. The van der Waals surface area contributed by atoms with Crippen LogP contribution in [0.5, 0.6) is 0 Å². The Labute approximate surface area is 181 Å². The van der Waals surface area contributed by atoms with Crippen molar-refractivity contribution >= 4 is 28.4 Å². The van der Waals surface area contributed by atoms with Gasteiger partial charge in [-0.05, 0) is 37.0 Å². The van der Waals surface area contributed by atoms with E-state index in [9.17, 15) is 22.4 Å². The molecular weight excluding hydrogens is 428 g/mol. The van der Waals surface area contributed by atoms with Crippen LogP contribution in [-0.4, -0.2) is 34.3 Å². The molecule has 0 aliphatic carbocycles. The number of piperidine rings is 1. The van der Waals surface area contributed by atoms with Gasteiger partial charge in [0.2, 0.25) is 0 Å². The molecule has 32 heavy (non-hydrogen) atoms. The van der Waals surface area contributed by atoms with Gasteiger partial charge in [0.25, 0.3) is 0 Å². The molecule has 1 aromatic carbocycles. The van der Waals surface area contributed by atoms with Gasteiger partial charge in [0, 0.05) is 30.6 Å². The highest BCUT2D eigenvalue weighted by molar-refractivity contribution is 6.00. The SMILES string of the molecule is CC1CCN(c2nc(C(F)(F)F)ccc2CNC(=O)Nc2cc(F)cc3[nH]ncc23)CC1. The van der Waals surface area contributed by atoms with Gasteiger partial charge in [-0.3, -0.25) is 5.10 Å². The smallest absolute Gasteiger partial charge is 0.356 e. The van der Waals surface area contributed by atoms with Crippen molar-refractivity contribution in [1.82, 2.24) is 20.5 Å². The molecule has 0 atom stereocenters. The fourth-order valence-corrected chi connectivity index (χ4v) is 3.73. The highest BCUT2D eigenvalue weighted by Crippen LogP contribution is 2.32. The van der Waals surface area contributed by atoms with Crippen LogP contribution in [0.4, 0.5) is 33.9 Å². The fraction of sp³-hybridized carbons (Fsp3) is 0.381. The third-order valence-electron chi connectivity index (χ3n) is 5.54. The van der Waals surface area contributed by atoms with Crippen molar-refractivity contribution in [2.24, 2.45) is 5.92 Å². The Bertz CT molecular complexity index is 1120. The van der Waals surface area contributed by atoms with Gasteiger partial charge in [0.05, 0.1) is 17.4 Å². The summed E-state index contributed by atoms with van der Waals surface area (Å²) in [5.74, 6) is 0.163. The van der Waals surface area contributed by atoms with E-state index in [2.05, 4.69) is 32.7 Å². The lowest BCUT2D eigenvalue weighted by molar-refractivity contribution is -0.141. The molecule has 1 aliphatic heterocycles. The molecule has 3 heterocycles. The van der Waals surface area contributed by atoms with Crippen LogP contribution in [0.3, 0.4) is 0 Å². The van der Waals surface area contributed by atoms with Gasteiger partial charge in [0.15, 0.2) is 0 Å². The molecule has 0 radical (unpaired) electrons. The van der Waals surface area contributed by atoms with Gasteiger partial charge >= 0.3 is 12.2 Å². The molecule has 11 heteroatoms. The first-order valence-corrected chi connectivity index (χ1v) is 10.2. The number of fused-ring (bicyclic) bond motifs is 1. The molecule has 2 aromatic heterocycles. The average Bonchev–Trinajstić information content (AvgIpc) is 3.21. The minimum atomic E-state index is -4.56. The number of rotatable bonds is 4. The number of amides is 2. The molecule has 7 nitrogen and oxygen atoms in total. The van der Waals surface area contributed by atoms with Crippen LogP contribution in [0.2, 0.25) is 0 Å². The summed E-state index contributed by atoms with van der Waals surface area (Å²) in [4.78, 5) is 18.1. The monoisotopic (exact) mass is 450 g/mol. The Kier molecular flexibility index (Phi) is 5.90. The summed E-state index contributed by atoms with van der Waals surface area (Å²) >= 11 is 0. The zero-order chi connectivity index (χ0) is 22.9. The molecule has 0 saturated carbocycles. The van der Waals surface area contributed by atoms with Gasteiger partial charge in [0.1, 0.15) is 17.3 Å². The summed E-state index contributed by atoms with van der Waals surface area (Å²) in [6, 6.07) is 4.03. The Morgan fingerprint density at radius 1 is 1.25 bits per heavy atom. The van der Waals surface area contributed by atoms with Crippen molar-refractivity contribution < 1.29 is 22.4 Å². The number of anilines is 2. The number of hydrogen-bond acceptors (Lipinski definition) is 4. The lowest BCUT2D eigenvalue weighted by Crippen LogP contribution is -2.35. The topological polar surface area (TPSA) is 85.9 Å². The van der Waals surface area contributed by atoms with Crippen molar-refractivity contribution in [3.05, 3.63) is 47.5 Å². The minimum absolute atomic E-state index is 0.0395. The number of aromatic amines is 1. The van der Waals surface area contributed by atoms with Crippen molar-refractivity contribution in [1.29, 1.82) is 0 Å². The van der Waals surface area contributed by atoms with Crippen LogP contribution in [0.25, 0.3) is 10.9 Å².